The van der Waals surface area contributed by atoms with Gasteiger partial charge < -0.3 is 0 Å². The fourth-order valence-corrected chi connectivity index (χ4v) is 4.11. The minimum absolute atomic E-state index is 0.575. The van der Waals surface area contributed by atoms with E-state index in [1.807, 2.05) is 0 Å². The van der Waals surface area contributed by atoms with E-state index in [-0.39, 0.29) is 0 Å². The summed E-state index contributed by atoms with van der Waals surface area (Å²) in [6.45, 7) is 10.1. The minimum atomic E-state index is 0.575. The summed E-state index contributed by atoms with van der Waals surface area (Å²) in [5.74, 6) is 0.724. The van der Waals surface area contributed by atoms with Crippen molar-refractivity contribution in [2.75, 3.05) is 13.1 Å². The lowest BCUT2D eigenvalue weighted by atomic mass is 10.0. The maximum Gasteiger partial charge on any atom is 0.0314 e. The van der Waals surface area contributed by atoms with Gasteiger partial charge in [0.1, 0.15) is 0 Å². The van der Waals surface area contributed by atoms with Crippen LogP contribution in [0.15, 0.2) is 53.4 Å². The van der Waals surface area contributed by atoms with Crippen LogP contribution in [0.25, 0.3) is 0 Å². The number of hydrogen-bond acceptors (Lipinski definition) is 3. The van der Waals surface area contributed by atoms with Crippen molar-refractivity contribution in [2.45, 2.75) is 51.1 Å². The highest BCUT2D eigenvalue weighted by molar-refractivity contribution is 7.97. The Balaban J connectivity index is 1.44. The van der Waals surface area contributed by atoms with Gasteiger partial charge in [-0.25, -0.2) is 0 Å². The maximum absolute atomic E-state index is 3.64. The molecule has 0 spiro atoms. The van der Waals surface area contributed by atoms with Crippen LogP contribution in [0.4, 0.5) is 0 Å². The average Bonchev–Trinajstić information content (AvgIpc) is 3.03. The van der Waals surface area contributed by atoms with E-state index >= 15 is 0 Å². The van der Waals surface area contributed by atoms with E-state index in [1.165, 1.54) is 41.0 Å². The van der Waals surface area contributed by atoms with Gasteiger partial charge in [-0.15, -0.1) is 0 Å². The molecule has 0 amide bonds. The van der Waals surface area contributed by atoms with E-state index < -0.39 is 0 Å². The molecule has 1 atom stereocenters. The van der Waals surface area contributed by atoms with Gasteiger partial charge in [0, 0.05) is 30.6 Å². The lowest BCUT2D eigenvalue weighted by Gasteiger charge is -2.17. The van der Waals surface area contributed by atoms with Crippen molar-refractivity contribution in [3.05, 3.63) is 65.2 Å². The summed E-state index contributed by atoms with van der Waals surface area (Å²) in [5, 5.41) is 0. The molecule has 1 heterocycles. The molecule has 1 aliphatic heterocycles. The smallest absolute Gasteiger partial charge is 0.0314 e. The zero-order chi connectivity index (χ0) is 17.6. The lowest BCUT2D eigenvalue weighted by Crippen LogP contribution is -2.28. The fourth-order valence-electron chi connectivity index (χ4n) is 3.34. The molecule has 0 saturated carbocycles. The number of benzene rings is 2. The number of nitrogens with zero attached hydrogens (tertiary/aromatic N) is 1. The minimum Gasteiger partial charge on any atom is -0.297 e. The molecule has 0 unspecified atom stereocenters. The number of nitrogens with one attached hydrogen (secondary N) is 1. The van der Waals surface area contributed by atoms with E-state index in [0.717, 1.165) is 19.0 Å². The lowest BCUT2D eigenvalue weighted by molar-refractivity contribution is 0.325. The van der Waals surface area contributed by atoms with Crippen molar-refractivity contribution >= 4 is 11.9 Å². The third-order valence-corrected chi connectivity index (χ3v) is 5.67. The Kier molecular flexibility index (Phi) is 6.57. The molecule has 0 radical (unpaired) electrons. The second-order valence-corrected chi connectivity index (χ2v) is 8.58. The zero-order valence-corrected chi connectivity index (χ0v) is 16.5. The maximum atomic E-state index is 3.64. The largest absolute Gasteiger partial charge is 0.297 e. The number of likely N-dealkylation sites (tertiary alicyclic amines) is 1. The first kappa shape index (κ1) is 18.5. The van der Waals surface area contributed by atoms with E-state index in [9.17, 15) is 0 Å². The van der Waals surface area contributed by atoms with Crippen molar-refractivity contribution in [1.29, 1.82) is 0 Å². The van der Waals surface area contributed by atoms with Crippen LogP contribution in [0.1, 0.15) is 37.0 Å². The summed E-state index contributed by atoms with van der Waals surface area (Å²) in [5.41, 5.74) is 4.20. The second kappa shape index (κ2) is 8.88. The molecule has 0 aliphatic carbocycles. The van der Waals surface area contributed by atoms with Gasteiger partial charge in [-0.1, -0.05) is 55.8 Å². The molecule has 25 heavy (non-hydrogen) atoms. The summed E-state index contributed by atoms with van der Waals surface area (Å²) in [7, 11) is 0. The summed E-state index contributed by atoms with van der Waals surface area (Å²) >= 11 is 1.77. The Hall–Kier alpha value is -1.29. The van der Waals surface area contributed by atoms with Crippen molar-refractivity contribution in [2.24, 2.45) is 5.92 Å². The normalized spacial score (nSPS) is 18.2. The third-order valence-electron chi connectivity index (χ3n) is 4.71. The molecule has 3 heteroatoms. The topological polar surface area (TPSA) is 15.3 Å². The predicted octanol–water partition coefficient (Wildman–Crippen LogP) is 5.06. The van der Waals surface area contributed by atoms with Gasteiger partial charge in [0.25, 0.3) is 0 Å². The summed E-state index contributed by atoms with van der Waals surface area (Å²) in [6.07, 6.45) is 2.40. The highest BCUT2D eigenvalue weighted by Gasteiger charge is 2.22. The molecule has 1 aliphatic rings. The molecule has 0 bridgehead atoms. The van der Waals surface area contributed by atoms with Crippen LogP contribution < -0.4 is 4.72 Å². The molecule has 134 valence electrons. The zero-order valence-electron chi connectivity index (χ0n) is 15.7. The average molecular weight is 355 g/mol. The van der Waals surface area contributed by atoms with E-state index in [0.29, 0.717) is 6.04 Å². The summed E-state index contributed by atoms with van der Waals surface area (Å²) in [4.78, 5) is 3.86. The first-order valence-corrected chi connectivity index (χ1v) is 10.2. The van der Waals surface area contributed by atoms with Gasteiger partial charge in [-0.3, -0.25) is 9.62 Å². The molecule has 2 aromatic carbocycles. The van der Waals surface area contributed by atoms with Gasteiger partial charge in [0.05, 0.1) is 0 Å². The van der Waals surface area contributed by atoms with E-state index in [1.54, 1.807) is 11.9 Å². The molecule has 0 aromatic heterocycles. The number of aryl methyl sites for hydroxylation is 1. The predicted molar refractivity (Wildman–Crippen MR) is 109 cm³/mol. The standard InChI is InChI=1S/C22H30N2S/c1-17(2)14-19-6-8-20(9-7-19)15-24-13-12-21(16-24)23-25-22-10-4-18(3)5-11-22/h4-11,17,21,23H,12-16H2,1-3H3/t21-/m1/s1. The number of hydrogen-bond donors (Lipinski definition) is 1. The van der Waals surface area contributed by atoms with Crippen molar-refractivity contribution in [1.82, 2.24) is 9.62 Å². The monoisotopic (exact) mass is 354 g/mol. The Morgan fingerprint density at radius 3 is 2.40 bits per heavy atom. The van der Waals surface area contributed by atoms with E-state index in [2.05, 4.69) is 78.9 Å². The van der Waals surface area contributed by atoms with Crippen molar-refractivity contribution in [3.8, 4) is 0 Å². The van der Waals surface area contributed by atoms with Crippen LogP contribution in [-0.4, -0.2) is 24.0 Å². The van der Waals surface area contributed by atoms with Crippen molar-refractivity contribution < 1.29 is 0 Å². The molecule has 3 rings (SSSR count). The Labute approximate surface area is 157 Å². The second-order valence-electron chi connectivity index (χ2n) is 7.67. The van der Waals surface area contributed by atoms with Gasteiger partial charge in [0.2, 0.25) is 0 Å². The van der Waals surface area contributed by atoms with Crippen LogP contribution >= 0.6 is 11.9 Å². The van der Waals surface area contributed by atoms with Gasteiger partial charge in [0.15, 0.2) is 0 Å². The van der Waals surface area contributed by atoms with Gasteiger partial charge in [-0.2, -0.15) is 0 Å². The Morgan fingerprint density at radius 1 is 1.04 bits per heavy atom. The molecular formula is C22H30N2S. The molecule has 1 saturated heterocycles. The van der Waals surface area contributed by atoms with Crippen LogP contribution in [0.5, 0.6) is 0 Å². The quantitative estimate of drug-likeness (QED) is 0.699. The third kappa shape index (κ3) is 5.88. The van der Waals surface area contributed by atoms with Crippen LogP contribution in [0, 0.1) is 12.8 Å². The highest BCUT2D eigenvalue weighted by Crippen LogP contribution is 2.20. The molecule has 2 nitrogen and oxygen atoms in total. The Morgan fingerprint density at radius 2 is 1.72 bits per heavy atom. The summed E-state index contributed by atoms with van der Waals surface area (Å²) < 4.78 is 3.64. The first-order chi connectivity index (χ1) is 12.1. The highest BCUT2D eigenvalue weighted by atomic mass is 32.2. The first-order valence-electron chi connectivity index (χ1n) is 9.37. The SMILES string of the molecule is Cc1ccc(SN[C@@H]2CCN(Cc3ccc(CC(C)C)cc3)C2)cc1. The fraction of sp³-hybridized carbons (Fsp3) is 0.455. The van der Waals surface area contributed by atoms with Crippen LogP contribution in [-0.2, 0) is 13.0 Å². The van der Waals surface area contributed by atoms with Gasteiger partial charge in [-0.05, 0) is 60.9 Å². The summed E-state index contributed by atoms with van der Waals surface area (Å²) in [6, 6.07) is 18.5. The van der Waals surface area contributed by atoms with Crippen LogP contribution in [0.2, 0.25) is 0 Å². The van der Waals surface area contributed by atoms with E-state index in [4.69, 9.17) is 0 Å². The Bertz CT molecular complexity index is 649. The molecular weight excluding hydrogens is 324 g/mol. The van der Waals surface area contributed by atoms with Crippen LogP contribution in [0.3, 0.4) is 0 Å². The number of rotatable bonds is 7. The van der Waals surface area contributed by atoms with Gasteiger partial charge >= 0.3 is 0 Å². The molecule has 1 N–H and O–H groups in total. The molecule has 1 fully saturated rings. The molecule has 2 aromatic rings. The van der Waals surface area contributed by atoms with Crippen molar-refractivity contribution in [3.63, 3.8) is 0 Å².